The maximum atomic E-state index is 11.9. The number of benzene rings is 1. The number of carbonyl (C=O) groups excluding carboxylic acids is 1. The fraction of sp³-hybridized carbons (Fsp3) is 0.176. The third-order valence-corrected chi connectivity index (χ3v) is 3.19. The Hall–Kier alpha value is -2.89. The van der Waals surface area contributed by atoms with Crippen molar-refractivity contribution in [2.75, 3.05) is 5.32 Å². The van der Waals surface area contributed by atoms with Crippen LogP contribution in [0.25, 0.3) is 0 Å². The van der Waals surface area contributed by atoms with E-state index in [1.165, 1.54) is 0 Å². The fourth-order valence-corrected chi connectivity index (χ4v) is 2.07. The molecule has 2 aromatic rings. The van der Waals surface area contributed by atoms with E-state index in [4.69, 9.17) is 27.3 Å². The van der Waals surface area contributed by atoms with Gasteiger partial charge in [0, 0.05) is 10.6 Å². The van der Waals surface area contributed by atoms with E-state index in [-0.39, 0.29) is 5.76 Å². The average Bonchev–Trinajstić information content (AvgIpc) is 2.89. The third-order valence-electron chi connectivity index (χ3n) is 2.85. The van der Waals surface area contributed by atoms with E-state index in [1.807, 2.05) is 6.07 Å². The standard InChI is InChI=1S/C15H13ClN2O3.C2H2/c1-4-13-14(9(2)18-21-13)17-15(19)20-10(3)11-7-5-6-8-12(11)16;1-2/h1,5-8,10H,2-3H3,(H,17,19);1-2H/t10-;/m1./s1. The fourth-order valence-electron chi connectivity index (χ4n) is 1.78. The van der Waals surface area contributed by atoms with Gasteiger partial charge in [-0.3, -0.25) is 5.32 Å². The summed E-state index contributed by atoms with van der Waals surface area (Å²) in [4.78, 5) is 11.9. The molecule has 0 bridgehead atoms. The van der Waals surface area contributed by atoms with Gasteiger partial charge in [0.15, 0.2) is 0 Å². The molecule has 0 spiro atoms. The molecule has 1 aromatic heterocycles. The molecule has 0 saturated heterocycles. The lowest BCUT2D eigenvalue weighted by Gasteiger charge is -2.15. The van der Waals surface area contributed by atoms with Gasteiger partial charge in [0.1, 0.15) is 17.5 Å². The Balaban J connectivity index is 0.00000127. The lowest BCUT2D eigenvalue weighted by molar-refractivity contribution is 0.121. The van der Waals surface area contributed by atoms with Gasteiger partial charge in [-0.1, -0.05) is 35.0 Å². The molecule has 0 unspecified atom stereocenters. The van der Waals surface area contributed by atoms with Gasteiger partial charge in [-0.15, -0.1) is 19.3 Å². The summed E-state index contributed by atoms with van der Waals surface area (Å²) in [6, 6.07) is 7.14. The summed E-state index contributed by atoms with van der Waals surface area (Å²) >= 11 is 6.05. The molecule has 118 valence electrons. The molecular formula is C17H15ClN2O3. The van der Waals surface area contributed by atoms with E-state index in [1.54, 1.807) is 32.0 Å². The highest BCUT2D eigenvalue weighted by atomic mass is 35.5. The van der Waals surface area contributed by atoms with Gasteiger partial charge in [-0.2, -0.15) is 0 Å². The number of nitrogens with one attached hydrogen (secondary N) is 1. The molecule has 1 amide bonds. The molecule has 0 radical (unpaired) electrons. The number of anilines is 1. The van der Waals surface area contributed by atoms with Crippen LogP contribution in [0, 0.1) is 32.1 Å². The summed E-state index contributed by atoms with van der Waals surface area (Å²) in [6.45, 7) is 3.39. The summed E-state index contributed by atoms with van der Waals surface area (Å²) < 4.78 is 10.1. The number of hydrogen-bond donors (Lipinski definition) is 1. The zero-order valence-electron chi connectivity index (χ0n) is 12.7. The lowest BCUT2D eigenvalue weighted by atomic mass is 10.1. The number of aromatic nitrogens is 1. The number of amides is 1. The number of nitrogens with zero attached hydrogens (tertiary/aromatic N) is 1. The Morgan fingerprint density at radius 2 is 2.09 bits per heavy atom. The number of hydrogen-bond acceptors (Lipinski definition) is 4. The maximum Gasteiger partial charge on any atom is 0.412 e. The number of halogens is 1. The Labute approximate surface area is 140 Å². The quantitative estimate of drug-likeness (QED) is 0.857. The lowest BCUT2D eigenvalue weighted by Crippen LogP contribution is -2.17. The predicted molar refractivity (Wildman–Crippen MR) is 89.0 cm³/mol. The van der Waals surface area contributed by atoms with Crippen LogP contribution in [0.4, 0.5) is 10.5 Å². The first-order valence-electron chi connectivity index (χ1n) is 6.51. The molecule has 0 fully saturated rings. The topological polar surface area (TPSA) is 64.4 Å². The van der Waals surface area contributed by atoms with Gasteiger partial charge in [-0.25, -0.2) is 4.79 Å². The molecule has 1 N–H and O–H groups in total. The highest BCUT2D eigenvalue weighted by Crippen LogP contribution is 2.26. The zero-order valence-corrected chi connectivity index (χ0v) is 13.4. The van der Waals surface area contributed by atoms with Crippen molar-refractivity contribution in [1.82, 2.24) is 5.16 Å². The smallest absolute Gasteiger partial charge is 0.412 e. The molecule has 1 heterocycles. The van der Waals surface area contributed by atoms with Crippen LogP contribution >= 0.6 is 11.6 Å². The van der Waals surface area contributed by atoms with Crippen LogP contribution in [0.3, 0.4) is 0 Å². The van der Waals surface area contributed by atoms with Gasteiger partial charge >= 0.3 is 6.09 Å². The minimum atomic E-state index is -0.662. The van der Waals surface area contributed by atoms with Crippen molar-refractivity contribution < 1.29 is 14.1 Å². The Kier molecular flexibility index (Phi) is 6.73. The summed E-state index contributed by atoms with van der Waals surface area (Å²) in [6.07, 6.45) is 12.1. The van der Waals surface area contributed by atoms with Gasteiger partial charge < -0.3 is 9.26 Å². The van der Waals surface area contributed by atoms with Crippen LogP contribution < -0.4 is 5.32 Å². The van der Waals surface area contributed by atoms with Gasteiger partial charge in [0.05, 0.1) is 0 Å². The van der Waals surface area contributed by atoms with E-state index in [9.17, 15) is 4.79 Å². The maximum absolute atomic E-state index is 11.9. The SMILES string of the molecule is C#C.C#Cc1onc(C)c1NC(=O)O[C@H](C)c1ccccc1Cl. The minimum Gasteiger partial charge on any atom is -0.441 e. The molecule has 0 aliphatic carbocycles. The number of rotatable bonds is 3. The molecule has 5 nitrogen and oxygen atoms in total. The van der Waals surface area contributed by atoms with E-state index < -0.39 is 12.2 Å². The molecule has 1 aromatic carbocycles. The molecule has 6 heteroatoms. The predicted octanol–water partition coefficient (Wildman–Crippen LogP) is 4.18. The second kappa shape index (κ2) is 8.53. The monoisotopic (exact) mass is 330 g/mol. The Morgan fingerprint density at radius 1 is 1.43 bits per heavy atom. The van der Waals surface area contributed by atoms with Crippen molar-refractivity contribution in [2.24, 2.45) is 0 Å². The first-order valence-corrected chi connectivity index (χ1v) is 6.89. The first-order chi connectivity index (χ1) is 11.0. The molecule has 23 heavy (non-hydrogen) atoms. The molecular weight excluding hydrogens is 316 g/mol. The third kappa shape index (κ3) is 4.54. The van der Waals surface area contributed by atoms with Crippen molar-refractivity contribution in [3.63, 3.8) is 0 Å². The first kappa shape index (κ1) is 18.2. The van der Waals surface area contributed by atoms with Crippen molar-refractivity contribution in [2.45, 2.75) is 20.0 Å². The van der Waals surface area contributed by atoms with Crippen LogP contribution in [0.1, 0.15) is 30.0 Å². The van der Waals surface area contributed by atoms with Crippen molar-refractivity contribution in [3.8, 4) is 25.2 Å². The molecule has 0 aliphatic rings. The summed E-state index contributed by atoms with van der Waals surface area (Å²) in [5, 5.41) is 6.74. The number of aryl methyl sites for hydroxylation is 1. The Morgan fingerprint density at radius 3 is 2.70 bits per heavy atom. The van der Waals surface area contributed by atoms with Crippen LogP contribution in [-0.4, -0.2) is 11.2 Å². The minimum absolute atomic E-state index is 0.148. The van der Waals surface area contributed by atoms with Gasteiger partial charge in [0.2, 0.25) is 5.76 Å². The molecule has 1 atom stereocenters. The van der Waals surface area contributed by atoms with Crippen LogP contribution in [-0.2, 0) is 4.74 Å². The highest BCUT2D eigenvalue weighted by Gasteiger charge is 2.18. The van der Waals surface area contributed by atoms with Gasteiger partial charge in [-0.05, 0) is 25.8 Å². The second-order valence-corrected chi connectivity index (χ2v) is 4.72. The largest absolute Gasteiger partial charge is 0.441 e. The average molecular weight is 331 g/mol. The zero-order chi connectivity index (χ0) is 17.4. The normalized spacial score (nSPS) is 10.6. The highest BCUT2D eigenvalue weighted by molar-refractivity contribution is 6.31. The van der Waals surface area contributed by atoms with Crippen LogP contribution in [0.15, 0.2) is 28.8 Å². The van der Waals surface area contributed by atoms with Crippen LogP contribution in [0.2, 0.25) is 5.02 Å². The molecule has 2 rings (SSSR count). The van der Waals surface area contributed by atoms with Crippen LogP contribution in [0.5, 0.6) is 0 Å². The van der Waals surface area contributed by atoms with Gasteiger partial charge in [0.25, 0.3) is 0 Å². The van der Waals surface area contributed by atoms with E-state index in [2.05, 4.69) is 29.2 Å². The summed E-state index contributed by atoms with van der Waals surface area (Å²) in [7, 11) is 0. The molecule has 0 aliphatic heterocycles. The summed E-state index contributed by atoms with van der Waals surface area (Å²) in [5.41, 5.74) is 1.52. The van der Waals surface area contributed by atoms with Crippen molar-refractivity contribution in [1.29, 1.82) is 0 Å². The van der Waals surface area contributed by atoms with E-state index in [0.717, 1.165) is 0 Å². The number of carbonyl (C=O) groups is 1. The number of terminal acetylenes is 2. The molecule has 0 saturated carbocycles. The van der Waals surface area contributed by atoms with E-state index in [0.29, 0.717) is 22.0 Å². The number of ether oxygens (including phenoxy) is 1. The van der Waals surface area contributed by atoms with E-state index >= 15 is 0 Å². The summed E-state index contributed by atoms with van der Waals surface area (Å²) in [5.74, 6) is 2.44. The Bertz CT molecular complexity index is 744. The van der Waals surface area contributed by atoms with Crippen molar-refractivity contribution in [3.05, 3.63) is 46.3 Å². The van der Waals surface area contributed by atoms with Crippen molar-refractivity contribution >= 4 is 23.4 Å². The second-order valence-electron chi connectivity index (χ2n) is 4.31.